The van der Waals surface area contributed by atoms with E-state index < -0.39 is 0 Å². The van der Waals surface area contributed by atoms with E-state index in [1.807, 2.05) is 0 Å². The first kappa shape index (κ1) is 7.88. The average molecular weight is 118 g/mol. The lowest BCUT2D eigenvalue weighted by Gasteiger charge is -2.00. The van der Waals surface area contributed by atoms with Crippen LogP contribution in [0.4, 0.5) is 0 Å². The molecular formula is C5H14N2O. The zero-order valence-corrected chi connectivity index (χ0v) is 5.22. The van der Waals surface area contributed by atoms with Gasteiger partial charge in [0.2, 0.25) is 0 Å². The average Bonchev–Trinajstić information content (AvgIpc) is 1.66. The maximum Gasteiger partial charge on any atom is 0.0512 e. The predicted molar refractivity (Wildman–Crippen MR) is 33.1 cm³/mol. The number of aliphatic hydroxyl groups is 1. The summed E-state index contributed by atoms with van der Waals surface area (Å²) in [5, 5.41) is 8.71. The normalized spacial score (nSPS) is 13.9. The first-order valence-corrected chi connectivity index (χ1v) is 2.89. The molecule has 0 heterocycles. The van der Waals surface area contributed by atoms with Crippen LogP contribution in [0.15, 0.2) is 0 Å². The Labute approximate surface area is 49.9 Å². The molecule has 0 aromatic carbocycles. The molecule has 50 valence electrons. The van der Waals surface area contributed by atoms with Crippen LogP contribution in [0.25, 0.3) is 0 Å². The summed E-state index contributed by atoms with van der Waals surface area (Å²) in [6.07, 6.45) is 1.57. The van der Waals surface area contributed by atoms with Gasteiger partial charge in [-0.05, 0) is 19.8 Å². The molecule has 1 unspecified atom stereocenters. The Kier molecular flexibility index (Phi) is 4.95. The number of rotatable bonds is 4. The summed E-state index contributed by atoms with van der Waals surface area (Å²) in [5.74, 6) is 4.98. The molecule has 3 heteroatoms. The molecule has 3 nitrogen and oxygen atoms in total. The smallest absolute Gasteiger partial charge is 0.0512 e. The van der Waals surface area contributed by atoms with Gasteiger partial charge in [-0.15, -0.1) is 0 Å². The Morgan fingerprint density at radius 2 is 2.38 bits per heavy atom. The highest BCUT2D eigenvalue weighted by atomic mass is 16.3. The lowest BCUT2D eigenvalue weighted by molar-refractivity contribution is 0.181. The monoisotopic (exact) mass is 118 g/mol. The minimum Gasteiger partial charge on any atom is -0.393 e. The molecular weight excluding hydrogens is 104 g/mol. The molecule has 0 aliphatic rings. The lowest BCUT2D eigenvalue weighted by atomic mass is 10.2. The van der Waals surface area contributed by atoms with Crippen molar-refractivity contribution < 1.29 is 5.11 Å². The third-order valence-corrected chi connectivity index (χ3v) is 0.943. The standard InChI is InChI=1S/C5H14N2O/c1-5(8)3-2-4-7-6/h5,7-8H,2-4,6H2,1H3. The van der Waals surface area contributed by atoms with Gasteiger partial charge in [-0.3, -0.25) is 11.3 Å². The highest BCUT2D eigenvalue weighted by Crippen LogP contribution is 1.91. The molecule has 0 aliphatic carbocycles. The second-order valence-corrected chi connectivity index (χ2v) is 1.95. The molecule has 8 heavy (non-hydrogen) atoms. The van der Waals surface area contributed by atoms with E-state index in [1.165, 1.54) is 0 Å². The van der Waals surface area contributed by atoms with Crippen LogP contribution in [0, 0.1) is 0 Å². The third-order valence-electron chi connectivity index (χ3n) is 0.943. The second kappa shape index (κ2) is 5.03. The van der Waals surface area contributed by atoms with Crippen LogP contribution in [-0.4, -0.2) is 17.8 Å². The molecule has 0 fully saturated rings. The lowest BCUT2D eigenvalue weighted by Crippen LogP contribution is -2.23. The zero-order chi connectivity index (χ0) is 6.41. The summed E-state index contributed by atoms with van der Waals surface area (Å²) in [7, 11) is 0. The zero-order valence-electron chi connectivity index (χ0n) is 5.22. The van der Waals surface area contributed by atoms with E-state index in [0.29, 0.717) is 0 Å². The summed E-state index contributed by atoms with van der Waals surface area (Å²) in [4.78, 5) is 0. The number of hydrogen-bond acceptors (Lipinski definition) is 3. The molecule has 0 aliphatic heterocycles. The quantitative estimate of drug-likeness (QED) is 0.268. The van der Waals surface area contributed by atoms with Crippen LogP contribution in [-0.2, 0) is 0 Å². The van der Waals surface area contributed by atoms with Crippen LogP contribution in [0.2, 0.25) is 0 Å². The molecule has 0 aromatic rings. The van der Waals surface area contributed by atoms with Crippen LogP contribution >= 0.6 is 0 Å². The summed E-state index contributed by atoms with van der Waals surface area (Å²) in [6, 6.07) is 0. The Hall–Kier alpha value is -0.120. The highest BCUT2D eigenvalue weighted by molar-refractivity contribution is 4.47. The third kappa shape index (κ3) is 5.88. The molecule has 4 N–H and O–H groups in total. The van der Waals surface area contributed by atoms with Gasteiger partial charge in [0.05, 0.1) is 6.10 Å². The van der Waals surface area contributed by atoms with E-state index in [9.17, 15) is 0 Å². The largest absolute Gasteiger partial charge is 0.393 e. The van der Waals surface area contributed by atoms with Gasteiger partial charge in [0.15, 0.2) is 0 Å². The number of nitrogens with one attached hydrogen (secondary N) is 1. The number of nitrogens with two attached hydrogens (primary N) is 1. The molecule has 0 amide bonds. The van der Waals surface area contributed by atoms with Crippen LogP contribution in [0.1, 0.15) is 19.8 Å². The molecule has 0 spiro atoms. The summed E-state index contributed by atoms with van der Waals surface area (Å²) in [6.45, 7) is 2.56. The van der Waals surface area contributed by atoms with Gasteiger partial charge < -0.3 is 5.11 Å². The molecule has 0 radical (unpaired) electrons. The maximum absolute atomic E-state index is 8.71. The SMILES string of the molecule is CC(O)CCCNN. The maximum atomic E-state index is 8.71. The van der Waals surface area contributed by atoms with E-state index in [-0.39, 0.29) is 6.10 Å². The fraction of sp³-hybridized carbons (Fsp3) is 1.00. The molecule has 0 rings (SSSR count). The minimum atomic E-state index is -0.191. The van der Waals surface area contributed by atoms with Gasteiger partial charge in [-0.2, -0.15) is 0 Å². The van der Waals surface area contributed by atoms with Crippen molar-refractivity contribution >= 4 is 0 Å². The van der Waals surface area contributed by atoms with Gasteiger partial charge in [0.1, 0.15) is 0 Å². The first-order valence-electron chi connectivity index (χ1n) is 2.89. The van der Waals surface area contributed by atoms with E-state index in [1.54, 1.807) is 6.92 Å². The van der Waals surface area contributed by atoms with Crippen molar-refractivity contribution in [3.05, 3.63) is 0 Å². The van der Waals surface area contributed by atoms with Crippen molar-refractivity contribution in [2.75, 3.05) is 6.54 Å². The van der Waals surface area contributed by atoms with Crippen molar-refractivity contribution in [1.82, 2.24) is 5.43 Å². The predicted octanol–water partition coefficient (Wildman–Crippen LogP) is -0.389. The van der Waals surface area contributed by atoms with Gasteiger partial charge in [-0.25, -0.2) is 0 Å². The van der Waals surface area contributed by atoms with Gasteiger partial charge in [-0.1, -0.05) is 0 Å². The van der Waals surface area contributed by atoms with Crippen molar-refractivity contribution in [3.63, 3.8) is 0 Å². The molecule has 0 bridgehead atoms. The van der Waals surface area contributed by atoms with Crippen LogP contribution in [0.5, 0.6) is 0 Å². The fourth-order valence-corrected chi connectivity index (χ4v) is 0.500. The van der Waals surface area contributed by atoms with Crippen molar-refractivity contribution in [2.24, 2.45) is 5.84 Å². The molecule has 0 aromatic heterocycles. The Balaban J connectivity index is 2.72. The fourth-order valence-electron chi connectivity index (χ4n) is 0.500. The molecule has 0 saturated heterocycles. The van der Waals surface area contributed by atoms with E-state index in [0.717, 1.165) is 19.4 Å². The molecule has 0 saturated carbocycles. The van der Waals surface area contributed by atoms with Crippen molar-refractivity contribution in [1.29, 1.82) is 0 Å². The van der Waals surface area contributed by atoms with E-state index in [4.69, 9.17) is 10.9 Å². The minimum absolute atomic E-state index is 0.191. The Bertz CT molecular complexity index is 47.7. The highest BCUT2D eigenvalue weighted by Gasteiger charge is 1.91. The second-order valence-electron chi connectivity index (χ2n) is 1.95. The van der Waals surface area contributed by atoms with E-state index >= 15 is 0 Å². The number of aliphatic hydroxyl groups excluding tert-OH is 1. The van der Waals surface area contributed by atoms with Gasteiger partial charge >= 0.3 is 0 Å². The Morgan fingerprint density at radius 1 is 1.75 bits per heavy atom. The van der Waals surface area contributed by atoms with Crippen LogP contribution < -0.4 is 11.3 Å². The van der Waals surface area contributed by atoms with Crippen molar-refractivity contribution in [2.45, 2.75) is 25.9 Å². The van der Waals surface area contributed by atoms with Gasteiger partial charge in [0.25, 0.3) is 0 Å². The topological polar surface area (TPSA) is 58.3 Å². The van der Waals surface area contributed by atoms with E-state index in [2.05, 4.69) is 5.43 Å². The summed E-state index contributed by atoms with van der Waals surface area (Å²) >= 11 is 0. The Morgan fingerprint density at radius 3 is 2.75 bits per heavy atom. The molecule has 1 atom stereocenters. The first-order chi connectivity index (χ1) is 3.77. The van der Waals surface area contributed by atoms with Crippen LogP contribution in [0.3, 0.4) is 0 Å². The summed E-state index contributed by atoms with van der Waals surface area (Å²) < 4.78 is 0. The summed E-state index contributed by atoms with van der Waals surface area (Å²) in [5.41, 5.74) is 2.51. The number of hydrazine groups is 1. The van der Waals surface area contributed by atoms with Gasteiger partial charge in [0, 0.05) is 6.54 Å². The number of hydrogen-bond donors (Lipinski definition) is 3. The van der Waals surface area contributed by atoms with Crippen molar-refractivity contribution in [3.8, 4) is 0 Å².